The summed E-state index contributed by atoms with van der Waals surface area (Å²) in [4.78, 5) is 29.6. The van der Waals surface area contributed by atoms with E-state index in [0.717, 1.165) is 6.20 Å². The summed E-state index contributed by atoms with van der Waals surface area (Å²) in [6.45, 7) is 3.50. The predicted octanol–water partition coefficient (Wildman–Crippen LogP) is 3.56. The topological polar surface area (TPSA) is 123 Å². The van der Waals surface area contributed by atoms with Gasteiger partial charge in [0.05, 0.1) is 12.1 Å². The number of ether oxygens (including phenoxy) is 2. The highest BCUT2D eigenvalue weighted by atomic mass is 35.5. The van der Waals surface area contributed by atoms with Crippen molar-refractivity contribution in [1.29, 1.82) is 0 Å². The van der Waals surface area contributed by atoms with Crippen molar-refractivity contribution >= 4 is 29.6 Å². The standard InChI is InChI=1S/C22H25ClF3N5O6/c1-21(33,15-30-13-18(31(34)35)27-19(30)23)14-28-8-10-29(11-9-28)20(32)36-12-2-3-16-4-6-17(7-5-16)37-22(24,25)26/h2-7,13,33H,8-12,14-15H2,1H3. The van der Waals surface area contributed by atoms with Crippen molar-refractivity contribution in [3.05, 3.63) is 57.5 Å². The van der Waals surface area contributed by atoms with Gasteiger partial charge in [0.1, 0.15) is 18.6 Å². The summed E-state index contributed by atoms with van der Waals surface area (Å²) in [6, 6.07) is 5.25. The number of imidazole rings is 1. The van der Waals surface area contributed by atoms with Gasteiger partial charge in [-0.15, -0.1) is 13.2 Å². The molecular formula is C22H25ClF3N5O6. The molecule has 0 spiro atoms. The minimum Gasteiger partial charge on any atom is -0.445 e. The molecule has 3 rings (SSSR count). The minimum atomic E-state index is -4.76. The number of hydrogen-bond acceptors (Lipinski definition) is 8. The van der Waals surface area contributed by atoms with Gasteiger partial charge in [0.25, 0.3) is 0 Å². The third-order valence-corrected chi connectivity index (χ3v) is 5.64. The fourth-order valence-corrected chi connectivity index (χ4v) is 3.94. The molecule has 1 aromatic heterocycles. The molecule has 1 amide bonds. The van der Waals surface area contributed by atoms with Gasteiger partial charge in [-0.05, 0) is 52.2 Å². The number of benzene rings is 1. The molecule has 1 fully saturated rings. The molecule has 2 heterocycles. The van der Waals surface area contributed by atoms with Crippen molar-refractivity contribution in [3.63, 3.8) is 0 Å². The molecule has 0 saturated carbocycles. The lowest BCUT2D eigenvalue weighted by atomic mass is 10.1. The first-order valence-corrected chi connectivity index (χ1v) is 11.4. The highest BCUT2D eigenvalue weighted by molar-refractivity contribution is 6.28. The van der Waals surface area contributed by atoms with Crippen molar-refractivity contribution in [2.75, 3.05) is 39.3 Å². The normalized spacial score (nSPS) is 16.5. The minimum absolute atomic E-state index is 0.000651. The molecule has 2 aromatic rings. The number of aromatic nitrogens is 2. The average molecular weight is 548 g/mol. The van der Waals surface area contributed by atoms with Crippen LogP contribution in [0.5, 0.6) is 5.75 Å². The van der Waals surface area contributed by atoms with Gasteiger partial charge in [-0.25, -0.2) is 4.79 Å². The lowest BCUT2D eigenvalue weighted by Crippen LogP contribution is -2.53. The summed E-state index contributed by atoms with van der Waals surface area (Å²) in [7, 11) is 0. The van der Waals surface area contributed by atoms with Crippen LogP contribution in [0.15, 0.2) is 36.5 Å². The number of rotatable bonds is 9. The van der Waals surface area contributed by atoms with Crippen LogP contribution in [0.1, 0.15) is 12.5 Å². The van der Waals surface area contributed by atoms with Gasteiger partial charge in [-0.1, -0.05) is 18.2 Å². The average Bonchev–Trinajstić information content (AvgIpc) is 3.16. The van der Waals surface area contributed by atoms with E-state index < -0.39 is 28.8 Å². The van der Waals surface area contributed by atoms with Gasteiger partial charge in [0.15, 0.2) is 0 Å². The molecule has 0 radical (unpaired) electrons. The van der Waals surface area contributed by atoms with Crippen LogP contribution in [-0.4, -0.2) is 86.8 Å². The van der Waals surface area contributed by atoms with Crippen LogP contribution in [0.3, 0.4) is 0 Å². The lowest BCUT2D eigenvalue weighted by Gasteiger charge is -2.37. The van der Waals surface area contributed by atoms with Gasteiger partial charge < -0.3 is 29.6 Å². The monoisotopic (exact) mass is 547 g/mol. The van der Waals surface area contributed by atoms with Gasteiger partial charge in [0.2, 0.25) is 0 Å². The second kappa shape index (κ2) is 11.8. The zero-order chi connectivity index (χ0) is 27.2. The first-order chi connectivity index (χ1) is 17.3. The fourth-order valence-electron chi connectivity index (χ4n) is 3.74. The highest BCUT2D eigenvalue weighted by Crippen LogP contribution is 2.23. The zero-order valence-corrected chi connectivity index (χ0v) is 20.5. The number of halogens is 4. The summed E-state index contributed by atoms with van der Waals surface area (Å²) in [5.74, 6) is -0.734. The van der Waals surface area contributed by atoms with Crippen LogP contribution >= 0.6 is 11.6 Å². The molecule has 1 N–H and O–H groups in total. The van der Waals surface area contributed by atoms with E-state index in [-0.39, 0.29) is 30.7 Å². The van der Waals surface area contributed by atoms with Crippen LogP contribution in [0.25, 0.3) is 6.08 Å². The summed E-state index contributed by atoms with van der Waals surface area (Å²) in [5, 5.41) is 21.5. The Labute approximate surface area is 214 Å². The number of nitro groups is 1. The SMILES string of the molecule is CC(O)(CN1CCN(C(=O)OCC=Cc2ccc(OC(F)(F)F)cc2)CC1)Cn1cc([N+](=O)[O-])nc1Cl. The molecule has 1 aliphatic heterocycles. The first kappa shape index (κ1) is 28.2. The number of nitrogens with zero attached hydrogens (tertiary/aromatic N) is 5. The smallest absolute Gasteiger partial charge is 0.445 e. The van der Waals surface area contributed by atoms with E-state index in [1.165, 1.54) is 33.7 Å². The maximum Gasteiger partial charge on any atom is 0.573 e. The molecular weight excluding hydrogens is 523 g/mol. The maximum atomic E-state index is 12.3. The molecule has 1 saturated heterocycles. The van der Waals surface area contributed by atoms with Crippen LogP contribution in [0, 0.1) is 10.1 Å². The van der Waals surface area contributed by atoms with Crippen LogP contribution < -0.4 is 4.74 Å². The number of carbonyl (C=O) groups is 1. The fraction of sp³-hybridized carbons (Fsp3) is 0.455. The van der Waals surface area contributed by atoms with E-state index in [0.29, 0.717) is 31.7 Å². The largest absolute Gasteiger partial charge is 0.573 e. The quantitative estimate of drug-likeness (QED) is 0.373. The Hall–Kier alpha value is -3.36. The number of aliphatic hydroxyl groups is 1. The number of piperazine rings is 1. The van der Waals surface area contributed by atoms with Gasteiger partial charge in [0, 0.05) is 32.7 Å². The molecule has 202 valence electrons. The second-order valence-electron chi connectivity index (χ2n) is 8.61. The van der Waals surface area contributed by atoms with E-state index in [9.17, 15) is 33.2 Å². The predicted molar refractivity (Wildman–Crippen MR) is 126 cm³/mol. The van der Waals surface area contributed by atoms with Crippen molar-refractivity contribution in [2.24, 2.45) is 0 Å². The molecule has 1 atom stereocenters. The Balaban J connectivity index is 1.39. The zero-order valence-electron chi connectivity index (χ0n) is 19.7. The van der Waals surface area contributed by atoms with E-state index in [1.54, 1.807) is 19.1 Å². The number of hydrogen-bond donors (Lipinski definition) is 1. The van der Waals surface area contributed by atoms with Crippen LogP contribution in [-0.2, 0) is 11.3 Å². The van der Waals surface area contributed by atoms with Gasteiger partial charge in [-0.2, -0.15) is 0 Å². The summed E-state index contributed by atoms with van der Waals surface area (Å²) in [6.07, 6.45) is -0.934. The van der Waals surface area contributed by atoms with Crippen molar-refractivity contribution in [1.82, 2.24) is 19.4 Å². The lowest BCUT2D eigenvalue weighted by molar-refractivity contribution is -0.389. The molecule has 37 heavy (non-hydrogen) atoms. The molecule has 1 aliphatic rings. The molecule has 1 unspecified atom stereocenters. The van der Waals surface area contributed by atoms with Crippen molar-refractivity contribution in [2.45, 2.75) is 25.4 Å². The molecule has 11 nitrogen and oxygen atoms in total. The second-order valence-corrected chi connectivity index (χ2v) is 8.95. The third-order valence-electron chi connectivity index (χ3n) is 5.33. The first-order valence-electron chi connectivity index (χ1n) is 11.1. The Morgan fingerprint density at radius 2 is 1.86 bits per heavy atom. The summed E-state index contributed by atoms with van der Waals surface area (Å²) < 4.78 is 46.9. The van der Waals surface area contributed by atoms with Gasteiger partial charge >= 0.3 is 23.6 Å². The number of amides is 1. The summed E-state index contributed by atoms with van der Waals surface area (Å²) in [5.41, 5.74) is -0.652. The van der Waals surface area contributed by atoms with Crippen LogP contribution in [0.4, 0.5) is 23.8 Å². The van der Waals surface area contributed by atoms with E-state index in [1.807, 2.05) is 4.90 Å². The highest BCUT2D eigenvalue weighted by Gasteiger charge is 2.32. The van der Waals surface area contributed by atoms with Crippen molar-refractivity contribution in [3.8, 4) is 5.75 Å². The van der Waals surface area contributed by atoms with Gasteiger partial charge in [-0.3, -0.25) is 9.47 Å². The van der Waals surface area contributed by atoms with Crippen LogP contribution in [0.2, 0.25) is 5.28 Å². The molecule has 0 aliphatic carbocycles. The Bertz CT molecular complexity index is 1110. The van der Waals surface area contributed by atoms with E-state index in [4.69, 9.17) is 16.3 Å². The van der Waals surface area contributed by atoms with E-state index >= 15 is 0 Å². The molecule has 15 heteroatoms. The number of β-amino-alcohol motifs (C(OH)–C–C–N with tert-alkyl or cyclic N) is 1. The molecule has 0 bridgehead atoms. The third kappa shape index (κ3) is 8.91. The Kier molecular flexibility index (Phi) is 8.99. The Morgan fingerprint density at radius 1 is 1.22 bits per heavy atom. The number of alkyl halides is 3. The number of carbonyl (C=O) groups excluding carboxylic acids is 1. The maximum absolute atomic E-state index is 12.3. The van der Waals surface area contributed by atoms with Crippen molar-refractivity contribution < 1.29 is 37.5 Å². The summed E-state index contributed by atoms with van der Waals surface area (Å²) >= 11 is 5.92. The van der Waals surface area contributed by atoms with E-state index in [2.05, 4.69) is 9.72 Å². The Morgan fingerprint density at radius 3 is 2.43 bits per heavy atom. The molecule has 1 aromatic carbocycles.